The Labute approximate surface area is 119 Å². The maximum atomic E-state index is 13.5. The molecule has 1 aromatic carbocycles. The van der Waals surface area contributed by atoms with E-state index < -0.39 is 5.82 Å². The number of carbonyl (C=O) groups excluding carboxylic acids is 1. The molecule has 1 saturated heterocycles. The average molecular weight is 335 g/mol. The Bertz CT molecular complexity index is 480. The number of piperidine rings is 1. The number of hydrogen-bond donors (Lipinski definition) is 0. The van der Waals surface area contributed by atoms with Crippen LogP contribution in [-0.4, -0.2) is 23.4 Å². The van der Waals surface area contributed by atoms with E-state index in [0.717, 1.165) is 19.3 Å². The van der Waals surface area contributed by atoms with E-state index in [1.165, 1.54) is 12.1 Å². The van der Waals surface area contributed by atoms with Crippen molar-refractivity contribution in [2.24, 2.45) is 0 Å². The molecule has 2 rings (SSSR count). The Morgan fingerprint density at radius 1 is 1.50 bits per heavy atom. The number of nitrogens with zero attached hydrogens (tertiary/aromatic N) is 1. The van der Waals surface area contributed by atoms with Crippen molar-refractivity contribution in [1.29, 1.82) is 0 Å². The van der Waals surface area contributed by atoms with Crippen LogP contribution in [0, 0.1) is 5.82 Å². The Kier molecular flexibility index (Phi) is 4.28. The van der Waals surface area contributed by atoms with Crippen molar-refractivity contribution in [2.45, 2.75) is 32.2 Å². The summed E-state index contributed by atoms with van der Waals surface area (Å²) in [5.41, 5.74) is 0.242. The summed E-state index contributed by atoms with van der Waals surface area (Å²) < 4.78 is 13.8. The largest absolute Gasteiger partial charge is 0.336 e. The SMILES string of the molecule is CC1CCCCN1C(=O)c1cc(F)c(Br)cc1Cl. The van der Waals surface area contributed by atoms with Crippen LogP contribution >= 0.6 is 27.5 Å². The van der Waals surface area contributed by atoms with E-state index in [1.54, 1.807) is 4.90 Å². The van der Waals surface area contributed by atoms with Gasteiger partial charge in [-0.3, -0.25) is 4.79 Å². The van der Waals surface area contributed by atoms with E-state index >= 15 is 0 Å². The van der Waals surface area contributed by atoms with Gasteiger partial charge in [-0.25, -0.2) is 4.39 Å². The van der Waals surface area contributed by atoms with Gasteiger partial charge in [-0.05, 0) is 54.2 Å². The summed E-state index contributed by atoms with van der Waals surface area (Å²) in [6.45, 7) is 2.73. The lowest BCUT2D eigenvalue weighted by Crippen LogP contribution is -2.42. The molecule has 1 atom stereocenters. The van der Waals surface area contributed by atoms with Crippen molar-refractivity contribution in [3.05, 3.63) is 33.0 Å². The van der Waals surface area contributed by atoms with Crippen molar-refractivity contribution in [2.75, 3.05) is 6.54 Å². The molecule has 1 amide bonds. The van der Waals surface area contributed by atoms with E-state index in [9.17, 15) is 9.18 Å². The fourth-order valence-electron chi connectivity index (χ4n) is 2.24. The fourth-order valence-corrected chi connectivity index (χ4v) is 2.96. The standard InChI is InChI=1S/C13H14BrClFNO/c1-8-4-2-3-5-17(8)13(18)9-6-12(16)10(14)7-11(9)15/h6-8H,2-5H2,1H3. The third-order valence-electron chi connectivity index (χ3n) is 3.30. The average Bonchev–Trinajstić information content (AvgIpc) is 2.33. The van der Waals surface area contributed by atoms with Crippen molar-refractivity contribution in [3.63, 3.8) is 0 Å². The molecule has 1 fully saturated rings. The Morgan fingerprint density at radius 2 is 2.22 bits per heavy atom. The quantitative estimate of drug-likeness (QED) is 0.703. The zero-order chi connectivity index (χ0) is 13.3. The minimum atomic E-state index is -0.465. The maximum absolute atomic E-state index is 13.5. The Balaban J connectivity index is 2.30. The van der Waals surface area contributed by atoms with Gasteiger partial charge in [0.25, 0.3) is 5.91 Å². The first-order valence-corrected chi connectivity index (χ1v) is 7.13. The van der Waals surface area contributed by atoms with E-state index in [0.29, 0.717) is 6.54 Å². The van der Waals surface area contributed by atoms with Gasteiger partial charge in [0.15, 0.2) is 0 Å². The molecular formula is C13H14BrClFNO. The maximum Gasteiger partial charge on any atom is 0.255 e. The van der Waals surface area contributed by atoms with Crippen LogP contribution in [0.25, 0.3) is 0 Å². The first-order chi connectivity index (χ1) is 8.50. The first kappa shape index (κ1) is 13.8. The Hall–Kier alpha value is -0.610. The van der Waals surface area contributed by atoms with E-state index in [-0.39, 0.29) is 27.0 Å². The summed E-state index contributed by atoms with van der Waals surface area (Å²) in [6.07, 6.45) is 3.11. The molecule has 1 aromatic rings. The van der Waals surface area contributed by atoms with Crippen LogP contribution in [0.1, 0.15) is 36.5 Å². The van der Waals surface area contributed by atoms with Crippen molar-refractivity contribution < 1.29 is 9.18 Å². The van der Waals surface area contributed by atoms with E-state index in [2.05, 4.69) is 15.9 Å². The van der Waals surface area contributed by atoms with Gasteiger partial charge >= 0.3 is 0 Å². The van der Waals surface area contributed by atoms with E-state index in [4.69, 9.17) is 11.6 Å². The van der Waals surface area contributed by atoms with E-state index in [1.807, 2.05) is 6.92 Å². The highest BCUT2D eigenvalue weighted by Gasteiger charge is 2.26. The van der Waals surface area contributed by atoms with Crippen LogP contribution in [-0.2, 0) is 0 Å². The lowest BCUT2D eigenvalue weighted by Gasteiger charge is -2.33. The van der Waals surface area contributed by atoms with Gasteiger partial charge in [-0.2, -0.15) is 0 Å². The lowest BCUT2D eigenvalue weighted by atomic mass is 10.0. The predicted molar refractivity (Wildman–Crippen MR) is 73.5 cm³/mol. The summed E-state index contributed by atoms with van der Waals surface area (Å²) in [5, 5.41) is 0.283. The summed E-state index contributed by atoms with van der Waals surface area (Å²) in [6, 6.07) is 2.82. The van der Waals surface area contributed by atoms with Crippen molar-refractivity contribution in [1.82, 2.24) is 4.90 Å². The molecule has 1 unspecified atom stereocenters. The molecule has 2 nitrogen and oxygen atoms in total. The topological polar surface area (TPSA) is 20.3 Å². The summed E-state index contributed by atoms with van der Waals surface area (Å²) in [7, 11) is 0. The van der Waals surface area contributed by atoms with Gasteiger partial charge in [0.2, 0.25) is 0 Å². The van der Waals surface area contributed by atoms with Crippen LogP contribution in [0.3, 0.4) is 0 Å². The number of rotatable bonds is 1. The summed E-state index contributed by atoms with van der Waals surface area (Å²) >= 11 is 9.07. The zero-order valence-corrected chi connectivity index (χ0v) is 12.4. The molecule has 1 aliphatic rings. The van der Waals surface area contributed by atoms with Crippen LogP contribution in [0.4, 0.5) is 4.39 Å². The molecule has 0 N–H and O–H groups in total. The molecular weight excluding hydrogens is 321 g/mol. The second kappa shape index (κ2) is 5.57. The molecule has 0 saturated carbocycles. The van der Waals surface area contributed by atoms with Crippen molar-refractivity contribution >= 4 is 33.4 Å². The van der Waals surface area contributed by atoms with Crippen LogP contribution in [0.15, 0.2) is 16.6 Å². The molecule has 0 aromatic heterocycles. The third-order valence-corrected chi connectivity index (χ3v) is 4.22. The zero-order valence-electron chi connectivity index (χ0n) is 10.0. The molecule has 0 radical (unpaired) electrons. The molecule has 1 heterocycles. The smallest absolute Gasteiger partial charge is 0.255 e. The molecule has 98 valence electrons. The van der Waals surface area contributed by atoms with Crippen LogP contribution in [0.2, 0.25) is 5.02 Å². The lowest BCUT2D eigenvalue weighted by molar-refractivity contribution is 0.0635. The fraction of sp³-hybridized carbons (Fsp3) is 0.462. The van der Waals surface area contributed by atoms with Gasteiger partial charge in [-0.1, -0.05) is 11.6 Å². The van der Waals surface area contributed by atoms with Gasteiger partial charge in [0.1, 0.15) is 5.82 Å². The number of likely N-dealkylation sites (tertiary alicyclic amines) is 1. The van der Waals surface area contributed by atoms with Gasteiger partial charge < -0.3 is 4.90 Å². The molecule has 0 bridgehead atoms. The number of amides is 1. The number of halogens is 3. The minimum absolute atomic E-state index is 0.182. The normalized spacial score (nSPS) is 20.0. The molecule has 1 aliphatic heterocycles. The van der Waals surface area contributed by atoms with Crippen molar-refractivity contribution in [3.8, 4) is 0 Å². The minimum Gasteiger partial charge on any atom is -0.336 e. The highest BCUT2D eigenvalue weighted by Crippen LogP contribution is 2.27. The second-order valence-corrected chi connectivity index (χ2v) is 5.85. The highest BCUT2D eigenvalue weighted by atomic mass is 79.9. The Morgan fingerprint density at radius 3 is 2.89 bits per heavy atom. The highest BCUT2D eigenvalue weighted by molar-refractivity contribution is 9.10. The molecule has 5 heteroatoms. The van der Waals surface area contributed by atoms with Crippen LogP contribution < -0.4 is 0 Å². The van der Waals surface area contributed by atoms with Gasteiger partial charge in [0.05, 0.1) is 15.1 Å². The van der Waals surface area contributed by atoms with Crippen LogP contribution in [0.5, 0.6) is 0 Å². The summed E-state index contributed by atoms with van der Waals surface area (Å²) in [4.78, 5) is 14.1. The third kappa shape index (κ3) is 2.69. The monoisotopic (exact) mass is 333 g/mol. The number of hydrogen-bond acceptors (Lipinski definition) is 1. The second-order valence-electron chi connectivity index (χ2n) is 4.59. The predicted octanol–water partition coefficient (Wildman–Crippen LogP) is 4.26. The first-order valence-electron chi connectivity index (χ1n) is 5.96. The number of carbonyl (C=O) groups is 1. The number of benzene rings is 1. The molecule has 0 spiro atoms. The molecule has 0 aliphatic carbocycles. The van der Waals surface area contributed by atoms with Gasteiger partial charge in [0, 0.05) is 12.6 Å². The van der Waals surface area contributed by atoms with Gasteiger partial charge in [-0.15, -0.1) is 0 Å². The molecule has 18 heavy (non-hydrogen) atoms. The summed E-state index contributed by atoms with van der Waals surface area (Å²) in [5.74, 6) is -0.647.